The van der Waals surface area contributed by atoms with Gasteiger partial charge in [0.2, 0.25) is 0 Å². The average molecular weight is 348 g/mol. The topological polar surface area (TPSA) is 55.9 Å². The molecule has 2 rings (SSSR count). The number of hydrogen-bond donors (Lipinski definition) is 2. The van der Waals surface area contributed by atoms with Crippen LogP contribution < -0.4 is 11.3 Å². The third kappa shape index (κ3) is 2.67. The predicted octanol–water partition coefficient (Wildman–Crippen LogP) is 3.01. The summed E-state index contributed by atoms with van der Waals surface area (Å²) in [6.07, 6.45) is 1.66. The van der Waals surface area contributed by atoms with Gasteiger partial charge in [0, 0.05) is 12.1 Å². The Kier molecular flexibility index (Phi) is 4.57. The molecule has 102 valence electrons. The van der Waals surface area contributed by atoms with E-state index in [1.54, 1.807) is 23.0 Å². The second-order valence-electron chi connectivity index (χ2n) is 3.94. The number of hydrazine groups is 1. The second-order valence-corrected chi connectivity index (χ2v) is 5.20. The lowest BCUT2D eigenvalue weighted by Gasteiger charge is -2.19. The van der Waals surface area contributed by atoms with E-state index in [4.69, 9.17) is 17.4 Å². The van der Waals surface area contributed by atoms with Gasteiger partial charge in [-0.2, -0.15) is 5.10 Å². The number of aromatic nitrogens is 2. The SMILES string of the molecule is CCn1ncc(Br)c1C(NN)c1cccc(Cl)c1F. The molecule has 19 heavy (non-hydrogen) atoms. The smallest absolute Gasteiger partial charge is 0.147 e. The molecule has 0 aliphatic carbocycles. The molecule has 0 fully saturated rings. The molecule has 2 aromatic rings. The van der Waals surface area contributed by atoms with E-state index < -0.39 is 11.9 Å². The van der Waals surface area contributed by atoms with Crippen LogP contribution in [0.25, 0.3) is 0 Å². The number of nitrogens with one attached hydrogen (secondary N) is 1. The first-order valence-corrected chi connectivity index (χ1v) is 6.88. The standard InChI is InChI=1S/C12H13BrClFN4/c1-2-19-12(8(13)6-17-19)11(18-16)7-4-3-5-9(14)10(7)15/h3-6,11,18H,2,16H2,1H3. The van der Waals surface area contributed by atoms with Crippen molar-refractivity contribution in [2.45, 2.75) is 19.5 Å². The Morgan fingerprint density at radius 1 is 1.58 bits per heavy atom. The lowest BCUT2D eigenvalue weighted by atomic mass is 10.0. The molecule has 1 unspecified atom stereocenters. The Labute approximate surface area is 123 Å². The number of nitrogens with zero attached hydrogens (tertiary/aromatic N) is 2. The Bertz CT molecular complexity index is 587. The van der Waals surface area contributed by atoms with Crippen molar-refractivity contribution in [1.29, 1.82) is 0 Å². The lowest BCUT2D eigenvalue weighted by Crippen LogP contribution is -2.31. The summed E-state index contributed by atoms with van der Waals surface area (Å²) in [7, 11) is 0. The van der Waals surface area contributed by atoms with E-state index in [2.05, 4.69) is 26.5 Å². The Morgan fingerprint density at radius 2 is 2.32 bits per heavy atom. The molecule has 7 heteroatoms. The Hall–Kier alpha value is -0.950. The number of halogens is 3. The Morgan fingerprint density at radius 3 is 2.95 bits per heavy atom. The highest BCUT2D eigenvalue weighted by atomic mass is 79.9. The number of aryl methyl sites for hydroxylation is 1. The fourth-order valence-corrected chi connectivity index (χ4v) is 2.68. The van der Waals surface area contributed by atoms with Crippen LogP contribution in [0.2, 0.25) is 5.02 Å². The molecule has 1 atom stereocenters. The number of rotatable bonds is 4. The second kappa shape index (κ2) is 6.00. The highest BCUT2D eigenvalue weighted by Crippen LogP contribution is 2.31. The molecule has 3 N–H and O–H groups in total. The van der Waals surface area contributed by atoms with Crippen LogP contribution in [0, 0.1) is 5.82 Å². The highest BCUT2D eigenvalue weighted by molar-refractivity contribution is 9.10. The normalized spacial score (nSPS) is 12.7. The van der Waals surface area contributed by atoms with E-state index in [-0.39, 0.29) is 5.02 Å². The molecule has 0 bridgehead atoms. The molecule has 0 saturated heterocycles. The van der Waals surface area contributed by atoms with Gasteiger partial charge in [-0.25, -0.2) is 9.82 Å². The third-order valence-corrected chi connectivity index (χ3v) is 3.77. The monoisotopic (exact) mass is 346 g/mol. The Balaban J connectivity index is 2.56. The van der Waals surface area contributed by atoms with E-state index >= 15 is 0 Å². The van der Waals surface area contributed by atoms with Crippen LogP contribution in [0.15, 0.2) is 28.9 Å². The van der Waals surface area contributed by atoms with Crippen molar-refractivity contribution in [3.63, 3.8) is 0 Å². The van der Waals surface area contributed by atoms with Crippen LogP contribution >= 0.6 is 27.5 Å². The molecule has 0 aliphatic rings. The van der Waals surface area contributed by atoms with E-state index in [1.165, 1.54) is 6.07 Å². The largest absolute Gasteiger partial charge is 0.271 e. The summed E-state index contributed by atoms with van der Waals surface area (Å²) in [5.74, 6) is 5.10. The first-order valence-electron chi connectivity index (χ1n) is 5.71. The number of benzene rings is 1. The lowest BCUT2D eigenvalue weighted by molar-refractivity contribution is 0.515. The molecule has 0 amide bonds. The van der Waals surface area contributed by atoms with Crippen molar-refractivity contribution in [2.75, 3.05) is 0 Å². The minimum atomic E-state index is -0.532. The van der Waals surface area contributed by atoms with Gasteiger partial charge in [0.05, 0.1) is 27.4 Å². The zero-order chi connectivity index (χ0) is 14.0. The molecule has 0 spiro atoms. The van der Waals surface area contributed by atoms with Gasteiger partial charge in [-0.05, 0) is 28.9 Å². The fourth-order valence-electron chi connectivity index (χ4n) is 1.97. The maximum absolute atomic E-state index is 14.1. The van der Waals surface area contributed by atoms with Gasteiger partial charge in [-0.15, -0.1) is 0 Å². The molecular weight excluding hydrogens is 335 g/mol. The van der Waals surface area contributed by atoms with Crippen molar-refractivity contribution in [1.82, 2.24) is 15.2 Å². The third-order valence-electron chi connectivity index (χ3n) is 2.87. The molecule has 1 heterocycles. The molecule has 1 aromatic heterocycles. The molecule has 4 nitrogen and oxygen atoms in total. The molecule has 1 aromatic carbocycles. The van der Waals surface area contributed by atoms with Crippen molar-refractivity contribution >= 4 is 27.5 Å². The van der Waals surface area contributed by atoms with Gasteiger partial charge in [-0.1, -0.05) is 23.7 Å². The van der Waals surface area contributed by atoms with Crippen LogP contribution in [0.1, 0.15) is 24.2 Å². The van der Waals surface area contributed by atoms with Crippen LogP contribution in [-0.4, -0.2) is 9.78 Å². The van der Waals surface area contributed by atoms with Gasteiger partial charge < -0.3 is 0 Å². The minimum Gasteiger partial charge on any atom is -0.271 e. The minimum absolute atomic E-state index is 0.0661. The first-order chi connectivity index (χ1) is 9.10. The maximum Gasteiger partial charge on any atom is 0.147 e. The van der Waals surface area contributed by atoms with Crippen LogP contribution in [0.3, 0.4) is 0 Å². The zero-order valence-electron chi connectivity index (χ0n) is 10.2. The van der Waals surface area contributed by atoms with E-state index in [9.17, 15) is 4.39 Å². The van der Waals surface area contributed by atoms with E-state index in [0.717, 1.165) is 10.2 Å². The van der Waals surface area contributed by atoms with Gasteiger partial charge in [0.1, 0.15) is 5.82 Å². The van der Waals surface area contributed by atoms with Crippen LogP contribution in [-0.2, 0) is 6.54 Å². The van der Waals surface area contributed by atoms with E-state index in [1.807, 2.05) is 6.92 Å². The number of nitrogens with two attached hydrogens (primary N) is 1. The molecular formula is C12H13BrClFN4. The maximum atomic E-state index is 14.1. The summed E-state index contributed by atoms with van der Waals surface area (Å²) >= 11 is 9.22. The summed E-state index contributed by atoms with van der Waals surface area (Å²) in [6.45, 7) is 2.60. The summed E-state index contributed by atoms with van der Waals surface area (Å²) in [4.78, 5) is 0. The summed E-state index contributed by atoms with van der Waals surface area (Å²) in [6, 6.07) is 4.30. The van der Waals surface area contributed by atoms with Crippen molar-refractivity contribution in [3.8, 4) is 0 Å². The quantitative estimate of drug-likeness (QED) is 0.660. The summed E-state index contributed by atoms with van der Waals surface area (Å²) in [5, 5.41) is 4.27. The average Bonchev–Trinajstić information content (AvgIpc) is 2.77. The van der Waals surface area contributed by atoms with E-state index in [0.29, 0.717) is 12.1 Å². The first kappa shape index (κ1) is 14.5. The summed E-state index contributed by atoms with van der Waals surface area (Å²) in [5.41, 5.74) is 3.75. The van der Waals surface area contributed by atoms with Gasteiger partial charge in [-0.3, -0.25) is 10.5 Å². The number of hydrogen-bond acceptors (Lipinski definition) is 3. The van der Waals surface area contributed by atoms with Gasteiger partial charge in [0.25, 0.3) is 0 Å². The van der Waals surface area contributed by atoms with Crippen molar-refractivity contribution in [3.05, 3.63) is 51.0 Å². The predicted molar refractivity (Wildman–Crippen MR) is 76.2 cm³/mol. The van der Waals surface area contributed by atoms with Crippen LogP contribution in [0.4, 0.5) is 4.39 Å². The van der Waals surface area contributed by atoms with Gasteiger partial charge in [0.15, 0.2) is 0 Å². The summed E-state index contributed by atoms with van der Waals surface area (Å²) < 4.78 is 16.6. The highest BCUT2D eigenvalue weighted by Gasteiger charge is 2.24. The van der Waals surface area contributed by atoms with Gasteiger partial charge >= 0.3 is 0 Å². The van der Waals surface area contributed by atoms with Crippen LogP contribution in [0.5, 0.6) is 0 Å². The zero-order valence-corrected chi connectivity index (χ0v) is 12.5. The van der Waals surface area contributed by atoms with Crippen molar-refractivity contribution < 1.29 is 4.39 Å². The molecule has 0 aliphatic heterocycles. The molecule has 0 radical (unpaired) electrons. The fraction of sp³-hybridized carbons (Fsp3) is 0.250. The van der Waals surface area contributed by atoms with Crippen molar-refractivity contribution in [2.24, 2.45) is 5.84 Å². The molecule has 0 saturated carbocycles.